The largest absolute Gasteiger partial charge is 0.356 e. The Labute approximate surface area is 112 Å². The average Bonchev–Trinajstić information content (AvgIpc) is 2.34. The normalized spacial score (nSPS) is 26.7. The molecule has 0 heterocycles. The van der Waals surface area contributed by atoms with Gasteiger partial charge in [-0.1, -0.05) is 34.1 Å². The minimum Gasteiger partial charge on any atom is -0.356 e. The lowest BCUT2D eigenvalue weighted by molar-refractivity contribution is -0.126. The van der Waals surface area contributed by atoms with E-state index < -0.39 is 0 Å². The molecule has 0 saturated heterocycles. The molecule has 106 valence electrons. The molecule has 0 aromatic heterocycles. The van der Waals surface area contributed by atoms with Crippen LogP contribution in [0.2, 0.25) is 0 Å². The lowest BCUT2D eigenvalue weighted by Gasteiger charge is -2.30. The highest BCUT2D eigenvalue weighted by Gasteiger charge is 2.27. The van der Waals surface area contributed by atoms with Crippen molar-refractivity contribution in [1.29, 1.82) is 0 Å². The van der Waals surface area contributed by atoms with Crippen LogP contribution in [-0.4, -0.2) is 19.0 Å². The summed E-state index contributed by atoms with van der Waals surface area (Å²) in [6.45, 7) is 10.4. The van der Waals surface area contributed by atoms with E-state index in [1.807, 2.05) is 0 Å². The van der Waals surface area contributed by atoms with E-state index in [1.165, 1.54) is 6.42 Å². The van der Waals surface area contributed by atoms with Crippen molar-refractivity contribution in [3.63, 3.8) is 0 Å². The second-order valence-electron chi connectivity index (χ2n) is 6.98. The second kappa shape index (κ2) is 6.55. The lowest BCUT2D eigenvalue weighted by Crippen LogP contribution is -2.39. The van der Waals surface area contributed by atoms with Crippen molar-refractivity contribution in [2.24, 2.45) is 28.9 Å². The van der Waals surface area contributed by atoms with Crippen LogP contribution in [-0.2, 0) is 4.79 Å². The molecule has 0 aromatic rings. The molecule has 3 atom stereocenters. The van der Waals surface area contributed by atoms with E-state index >= 15 is 0 Å². The Balaban J connectivity index is 2.36. The number of amides is 1. The molecule has 0 bridgehead atoms. The van der Waals surface area contributed by atoms with E-state index in [9.17, 15) is 4.79 Å². The van der Waals surface area contributed by atoms with Crippen molar-refractivity contribution < 1.29 is 4.79 Å². The minimum atomic E-state index is 0.194. The maximum Gasteiger partial charge on any atom is 0.223 e. The predicted octanol–water partition coefficient (Wildman–Crippen LogP) is 2.55. The van der Waals surface area contributed by atoms with E-state index in [-0.39, 0.29) is 17.2 Å². The molecule has 18 heavy (non-hydrogen) atoms. The molecule has 3 N–H and O–H groups in total. The van der Waals surface area contributed by atoms with Gasteiger partial charge < -0.3 is 11.1 Å². The van der Waals surface area contributed by atoms with Gasteiger partial charge in [-0.2, -0.15) is 0 Å². The fraction of sp³-hybridized carbons (Fsp3) is 0.933. The Hall–Kier alpha value is -0.570. The number of nitrogens with one attached hydrogen (secondary N) is 1. The van der Waals surface area contributed by atoms with Crippen LogP contribution >= 0.6 is 0 Å². The van der Waals surface area contributed by atoms with Gasteiger partial charge in [-0.25, -0.2) is 0 Å². The fourth-order valence-electron chi connectivity index (χ4n) is 2.45. The van der Waals surface area contributed by atoms with Gasteiger partial charge in [0.25, 0.3) is 0 Å². The zero-order valence-corrected chi connectivity index (χ0v) is 12.5. The molecule has 1 rings (SSSR count). The molecule has 0 radical (unpaired) electrons. The van der Waals surface area contributed by atoms with Crippen LogP contribution in [0, 0.1) is 23.2 Å². The van der Waals surface area contributed by atoms with Crippen molar-refractivity contribution >= 4 is 5.91 Å². The van der Waals surface area contributed by atoms with Gasteiger partial charge in [0.15, 0.2) is 0 Å². The number of nitrogens with two attached hydrogens (primary N) is 1. The standard InChI is InChI=1S/C15H30N2O/c1-11(15(2,3)4)10-17-14(18)13-7-5-6-12(8-13)9-16/h11-13H,5-10,16H2,1-4H3,(H,17,18). The Bertz CT molecular complexity index is 270. The number of carbonyl (C=O) groups excluding carboxylic acids is 1. The van der Waals surface area contributed by atoms with Crippen LogP contribution in [0.3, 0.4) is 0 Å². The molecule has 3 heteroatoms. The van der Waals surface area contributed by atoms with E-state index in [1.54, 1.807) is 0 Å². The van der Waals surface area contributed by atoms with E-state index in [0.717, 1.165) is 32.4 Å². The van der Waals surface area contributed by atoms with Gasteiger partial charge in [0.05, 0.1) is 0 Å². The first-order valence-electron chi connectivity index (χ1n) is 7.32. The Morgan fingerprint density at radius 1 is 1.39 bits per heavy atom. The summed E-state index contributed by atoms with van der Waals surface area (Å²) in [7, 11) is 0. The summed E-state index contributed by atoms with van der Waals surface area (Å²) in [6.07, 6.45) is 4.35. The smallest absolute Gasteiger partial charge is 0.223 e. The molecule has 0 spiro atoms. The maximum atomic E-state index is 12.1. The molecule has 1 aliphatic carbocycles. The predicted molar refractivity (Wildman–Crippen MR) is 76.1 cm³/mol. The van der Waals surface area contributed by atoms with Crippen molar-refractivity contribution in [3.8, 4) is 0 Å². The van der Waals surface area contributed by atoms with Crippen LogP contribution in [0.1, 0.15) is 53.4 Å². The van der Waals surface area contributed by atoms with Gasteiger partial charge in [0, 0.05) is 12.5 Å². The number of hydrogen-bond acceptors (Lipinski definition) is 2. The first-order valence-corrected chi connectivity index (χ1v) is 7.32. The third-order valence-electron chi connectivity index (χ3n) is 4.55. The molecular formula is C15H30N2O. The third-order valence-corrected chi connectivity index (χ3v) is 4.55. The summed E-state index contributed by atoms with van der Waals surface area (Å²) in [5.41, 5.74) is 5.96. The molecule has 0 aliphatic heterocycles. The summed E-state index contributed by atoms with van der Waals surface area (Å²) in [4.78, 5) is 12.1. The third kappa shape index (κ3) is 4.60. The lowest BCUT2D eigenvalue weighted by atomic mass is 9.80. The monoisotopic (exact) mass is 254 g/mol. The summed E-state index contributed by atoms with van der Waals surface area (Å²) in [5, 5.41) is 3.12. The topological polar surface area (TPSA) is 55.1 Å². The molecule has 1 fully saturated rings. The Kier molecular flexibility index (Phi) is 5.64. The van der Waals surface area contributed by atoms with Crippen LogP contribution in [0.15, 0.2) is 0 Å². The summed E-state index contributed by atoms with van der Waals surface area (Å²) in [5.74, 6) is 1.48. The summed E-state index contributed by atoms with van der Waals surface area (Å²) in [6, 6.07) is 0. The quantitative estimate of drug-likeness (QED) is 0.810. The van der Waals surface area contributed by atoms with Gasteiger partial charge in [0.2, 0.25) is 5.91 Å². The molecule has 3 nitrogen and oxygen atoms in total. The van der Waals surface area contributed by atoms with Crippen molar-refractivity contribution in [3.05, 3.63) is 0 Å². The van der Waals surface area contributed by atoms with Gasteiger partial charge >= 0.3 is 0 Å². The van der Waals surface area contributed by atoms with E-state index in [0.29, 0.717) is 11.8 Å². The van der Waals surface area contributed by atoms with Crippen LogP contribution in [0.5, 0.6) is 0 Å². The van der Waals surface area contributed by atoms with Gasteiger partial charge in [-0.05, 0) is 43.1 Å². The zero-order valence-electron chi connectivity index (χ0n) is 12.5. The SMILES string of the molecule is CC(CNC(=O)C1CCCC(CN)C1)C(C)(C)C. The average molecular weight is 254 g/mol. The van der Waals surface area contributed by atoms with Crippen molar-refractivity contribution in [2.75, 3.05) is 13.1 Å². The summed E-state index contributed by atoms with van der Waals surface area (Å²) < 4.78 is 0. The van der Waals surface area contributed by atoms with Gasteiger partial charge in [-0.3, -0.25) is 4.79 Å². The molecular weight excluding hydrogens is 224 g/mol. The van der Waals surface area contributed by atoms with Crippen LogP contribution < -0.4 is 11.1 Å². The number of rotatable bonds is 4. The van der Waals surface area contributed by atoms with Crippen molar-refractivity contribution in [2.45, 2.75) is 53.4 Å². The highest BCUT2D eigenvalue weighted by Crippen LogP contribution is 2.29. The number of carbonyl (C=O) groups is 1. The molecule has 1 amide bonds. The number of hydrogen-bond donors (Lipinski definition) is 2. The Morgan fingerprint density at radius 3 is 2.61 bits per heavy atom. The zero-order chi connectivity index (χ0) is 13.8. The van der Waals surface area contributed by atoms with Crippen molar-refractivity contribution in [1.82, 2.24) is 5.32 Å². The fourth-order valence-corrected chi connectivity index (χ4v) is 2.45. The molecule has 1 aliphatic rings. The molecule has 1 saturated carbocycles. The molecule has 0 aromatic carbocycles. The van der Waals surface area contributed by atoms with Gasteiger partial charge in [0.1, 0.15) is 0 Å². The van der Waals surface area contributed by atoms with E-state index in [4.69, 9.17) is 5.73 Å². The summed E-state index contributed by atoms with van der Waals surface area (Å²) >= 11 is 0. The minimum absolute atomic E-state index is 0.194. The van der Waals surface area contributed by atoms with E-state index in [2.05, 4.69) is 33.0 Å². The highest BCUT2D eigenvalue weighted by molar-refractivity contribution is 5.78. The van der Waals surface area contributed by atoms with Crippen LogP contribution in [0.4, 0.5) is 0 Å². The van der Waals surface area contributed by atoms with Crippen LogP contribution in [0.25, 0.3) is 0 Å². The second-order valence-corrected chi connectivity index (χ2v) is 6.98. The highest BCUT2D eigenvalue weighted by atomic mass is 16.1. The Morgan fingerprint density at radius 2 is 2.06 bits per heavy atom. The van der Waals surface area contributed by atoms with Gasteiger partial charge in [-0.15, -0.1) is 0 Å². The first kappa shape index (κ1) is 15.5. The first-order chi connectivity index (χ1) is 8.34. The maximum absolute atomic E-state index is 12.1. The molecule has 3 unspecified atom stereocenters.